The van der Waals surface area contributed by atoms with Crippen molar-refractivity contribution < 1.29 is 4.42 Å². The molecule has 1 aromatic rings. The number of furan rings is 1. The van der Waals surface area contributed by atoms with E-state index < -0.39 is 0 Å². The van der Waals surface area contributed by atoms with Crippen LogP contribution in [0, 0.1) is 0 Å². The molecule has 0 saturated heterocycles. The van der Waals surface area contributed by atoms with Gasteiger partial charge in [-0.25, -0.2) is 0 Å². The molecule has 0 amide bonds. The molecule has 4 heteroatoms. The maximum atomic E-state index is 5.28. The molecule has 0 fully saturated rings. The van der Waals surface area contributed by atoms with Crippen molar-refractivity contribution in [2.75, 3.05) is 46.8 Å². The van der Waals surface area contributed by atoms with Gasteiger partial charge in [0.1, 0.15) is 5.76 Å². The Morgan fingerprint density at radius 2 is 2.06 bits per heavy atom. The second-order valence-corrected chi connectivity index (χ2v) is 4.85. The van der Waals surface area contributed by atoms with Crippen LogP contribution in [0.3, 0.4) is 0 Å². The van der Waals surface area contributed by atoms with Crippen LogP contribution < -0.4 is 5.32 Å². The van der Waals surface area contributed by atoms with E-state index in [2.05, 4.69) is 36.1 Å². The van der Waals surface area contributed by atoms with E-state index in [-0.39, 0.29) is 0 Å². The second kappa shape index (κ2) is 9.14. The molecule has 0 aliphatic heterocycles. The number of likely N-dealkylation sites (N-methyl/N-ethyl adjacent to an activating group) is 1. The molecular weight excluding hydrogens is 226 g/mol. The third-order valence-corrected chi connectivity index (χ3v) is 3.01. The Hall–Kier alpha value is -0.840. The van der Waals surface area contributed by atoms with E-state index in [0.29, 0.717) is 0 Å². The minimum absolute atomic E-state index is 0.822. The molecule has 0 aliphatic rings. The van der Waals surface area contributed by atoms with E-state index in [1.807, 2.05) is 12.1 Å². The van der Waals surface area contributed by atoms with Crippen molar-refractivity contribution in [3.63, 3.8) is 0 Å². The Kier molecular flexibility index (Phi) is 7.73. The van der Waals surface area contributed by atoms with Gasteiger partial charge in [0.15, 0.2) is 0 Å². The first-order valence-corrected chi connectivity index (χ1v) is 6.82. The number of hydrogen-bond acceptors (Lipinski definition) is 4. The van der Waals surface area contributed by atoms with Gasteiger partial charge in [0.05, 0.1) is 12.8 Å². The van der Waals surface area contributed by atoms with E-state index in [0.717, 1.165) is 38.5 Å². The van der Waals surface area contributed by atoms with Gasteiger partial charge in [-0.1, -0.05) is 6.92 Å². The standard InChI is InChI=1S/C14H27N3O/c1-4-17(10-6-9-16(2)3)11-8-15-13-14-7-5-12-18-14/h5,7,12,15H,4,6,8-11,13H2,1-3H3. The predicted molar refractivity (Wildman–Crippen MR) is 75.7 cm³/mol. The fraction of sp³-hybridized carbons (Fsp3) is 0.714. The molecule has 0 atom stereocenters. The lowest BCUT2D eigenvalue weighted by Gasteiger charge is -2.21. The van der Waals surface area contributed by atoms with E-state index in [1.54, 1.807) is 6.26 Å². The summed E-state index contributed by atoms with van der Waals surface area (Å²) >= 11 is 0. The van der Waals surface area contributed by atoms with Gasteiger partial charge in [0.25, 0.3) is 0 Å². The van der Waals surface area contributed by atoms with Gasteiger partial charge >= 0.3 is 0 Å². The van der Waals surface area contributed by atoms with Crippen molar-refractivity contribution in [1.29, 1.82) is 0 Å². The zero-order valence-electron chi connectivity index (χ0n) is 12.0. The second-order valence-electron chi connectivity index (χ2n) is 4.85. The summed E-state index contributed by atoms with van der Waals surface area (Å²) in [6, 6.07) is 3.93. The summed E-state index contributed by atoms with van der Waals surface area (Å²) in [5.74, 6) is 1.01. The Labute approximate surface area is 111 Å². The first-order valence-electron chi connectivity index (χ1n) is 6.82. The van der Waals surface area contributed by atoms with Gasteiger partial charge < -0.3 is 19.5 Å². The number of hydrogen-bond donors (Lipinski definition) is 1. The molecule has 0 unspecified atom stereocenters. The third-order valence-electron chi connectivity index (χ3n) is 3.01. The molecule has 0 radical (unpaired) electrons. The summed E-state index contributed by atoms with van der Waals surface area (Å²) in [4.78, 5) is 4.72. The van der Waals surface area contributed by atoms with Crippen LogP contribution in [0.4, 0.5) is 0 Å². The van der Waals surface area contributed by atoms with Crippen LogP contribution in [0.1, 0.15) is 19.1 Å². The quantitative estimate of drug-likeness (QED) is 0.642. The topological polar surface area (TPSA) is 31.6 Å². The van der Waals surface area contributed by atoms with E-state index in [1.165, 1.54) is 13.0 Å². The fourth-order valence-corrected chi connectivity index (χ4v) is 1.90. The number of nitrogens with one attached hydrogen (secondary N) is 1. The summed E-state index contributed by atoms with van der Waals surface area (Å²) in [7, 11) is 4.25. The largest absolute Gasteiger partial charge is 0.468 e. The maximum Gasteiger partial charge on any atom is 0.117 e. The summed E-state index contributed by atoms with van der Waals surface area (Å²) in [6.07, 6.45) is 2.95. The van der Waals surface area contributed by atoms with Gasteiger partial charge in [0, 0.05) is 13.1 Å². The monoisotopic (exact) mass is 253 g/mol. The zero-order valence-corrected chi connectivity index (χ0v) is 12.0. The van der Waals surface area contributed by atoms with Gasteiger partial charge in [-0.05, 0) is 52.3 Å². The molecule has 1 heterocycles. The summed E-state index contributed by atoms with van der Waals surface area (Å²) in [5, 5.41) is 3.41. The SMILES string of the molecule is CCN(CCCN(C)C)CCNCc1ccco1. The molecule has 0 saturated carbocycles. The van der Waals surface area contributed by atoms with Crippen molar-refractivity contribution in [2.24, 2.45) is 0 Å². The van der Waals surface area contributed by atoms with Crippen molar-refractivity contribution in [3.05, 3.63) is 24.2 Å². The smallest absolute Gasteiger partial charge is 0.117 e. The highest BCUT2D eigenvalue weighted by Crippen LogP contribution is 1.98. The molecule has 0 bridgehead atoms. The minimum atomic E-state index is 0.822. The fourth-order valence-electron chi connectivity index (χ4n) is 1.90. The highest BCUT2D eigenvalue weighted by atomic mass is 16.3. The predicted octanol–water partition coefficient (Wildman–Crippen LogP) is 1.64. The molecule has 4 nitrogen and oxygen atoms in total. The lowest BCUT2D eigenvalue weighted by molar-refractivity contribution is 0.265. The summed E-state index contributed by atoms with van der Waals surface area (Å²) in [6.45, 7) is 8.62. The van der Waals surface area contributed by atoms with Crippen LogP contribution in [0.25, 0.3) is 0 Å². The molecule has 18 heavy (non-hydrogen) atoms. The summed E-state index contributed by atoms with van der Waals surface area (Å²) in [5.41, 5.74) is 0. The highest BCUT2D eigenvalue weighted by Gasteiger charge is 2.02. The number of rotatable bonds is 10. The Morgan fingerprint density at radius 3 is 2.67 bits per heavy atom. The van der Waals surface area contributed by atoms with E-state index >= 15 is 0 Å². The van der Waals surface area contributed by atoms with E-state index in [9.17, 15) is 0 Å². The van der Waals surface area contributed by atoms with Crippen LogP contribution >= 0.6 is 0 Å². The normalized spacial score (nSPS) is 11.6. The average Bonchev–Trinajstić information content (AvgIpc) is 2.84. The minimum Gasteiger partial charge on any atom is -0.468 e. The molecule has 0 aliphatic carbocycles. The van der Waals surface area contributed by atoms with Crippen molar-refractivity contribution in [2.45, 2.75) is 19.9 Å². The van der Waals surface area contributed by atoms with Gasteiger partial charge in [-0.3, -0.25) is 0 Å². The van der Waals surface area contributed by atoms with Crippen molar-refractivity contribution in [1.82, 2.24) is 15.1 Å². The summed E-state index contributed by atoms with van der Waals surface area (Å²) < 4.78 is 5.28. The van der Waals surface area contributed by atoms with Crippen LogP contribution in [0.2, 0.25) is 0 Å². The lowest BCUT2D eigenvalue weighted by Crippen LogP contribution is -2.33. The van der Waals surface area contributed by atoms with E-state index in [4.69, 9.17) is 4.42 Å². The zero-order chi connectivity index (χ0) is 13.2. The van der Waals surface area contributed by atoms with Crippen molar-refractivity contribution in [3.8, 4) is 0 Å². The molecule has 1 aromatic heterocycles. The Bertz CT molecular complexity index is 285. The molecular formula is C14H27N3O. The molecule has 1 rings (SSSR count). The molecule has 0 spiro atoms. The number of nitrogens with zero attached hydrogens (tertiary/aromatic N) is 2. The first kappa shape index (κ1) is 15.2. The Balaban J connectivity index is 2.04. The molecule has 0 aromatic carbocycles. The maximum absolute atomic E-state index is 5.28. The molecule has 1 N–H and O–H groups in total. The third kappa shape index (κ3) is 6.79. The van der Waals surface area contributed by atoms with Crippen LogP contribution in [0.5, 0.6) is 0 Å². The first-order chi connectivity index (χ1) is 8.72. The van der Waals surface area contributed by atoms with Gasteiger partial charge in [0.2, 0.25) is 0 Å². The van der Waals surface area contributed by atoms with Crippen LogP contribution in [-0.4, -0.2) is 56.6 Å². The van der Waals surface area contributed by atoms with Crippen LogP contribution in [-0.2, 0) is 6.54 Å². The molecule has 104 valence electrons. The van der Waals surface area contributed by atoms with Gasteiger partial charge in [-0.15, -0.1) is 0 Å². The highest BCUT2D eigenvalue weighted by molar-refractivity contribution is 4.97. The van der Waals surface area contributed by atoms with Gasteiger partial charge in [-0.2, -0.15) is 0 Å². The lowest BCUT2D eigenvalue weighted by atomic mass is 10.3. The van der Waals surface area contributed by atoms with Crippen LogP contribution in [0.15, 0.2) is 22.8 Å². The Morgan fingerprint density at radius 1 is 1.22 bits per heavy atom. The average molecular weight is 253 g/mol. The van der Waals surface area contributed by atoms with Crippen molar-refractivity contribution >= 4 is 0 Å².